The van der Waals surface area contributed by atoms with E-state index >= 15 is 0 Å². The first-order valence-electron chi connectivity index (χ1n) is 4.11. The quantitative estimate of drug-likeness (QED) is 0.634. The number of hydrogen-bond donors (Lipinski definition) is 2. The molecule has 1 unspecified atom stereocenters. The normalized spacial score (nSPS) is 15.9. The minimum atomic E-state index is -0.884. The van der Waals surface area contributed by atoms with Gasteiger partial charge in [0.15, 0.2) is 0 Å². The van der Waals surface area contributed by atoms with E-state index in [1.54, 1.807) is 0 Å². The molecule has 0 amide bonds. The van der Waals surface area contributed by atoms with Gasteiger partial charge < -0.3 is 10.8 Å². The van der Waals surface area contributed by atoms with E-state index in [1.807, 2.05) is 13.8 Å². The fraction of sp³-hybridized carbons (Fsp3) is 0.875. The molecule has 11 heavy (non-hydrogen) atoms. The number of hydrogen-bond acceptors (Lipinski definition) is 2. The molecule has 0 aromatic rings. The zero-order valence-electron chi connectivity index (χ0n) is 7.21. The van der Waals surface area contributed by atoms with Crippen LogP contribution >= 0.6 is 0 Å². The van der Waals surface area contributed by atoms with Crippen LogP contribution in [0.15, 0.2) is 0 Å². The van der Waals surface area contributed by atoms with Crippen LogP contribution in [0.4, 0.5) is 0 Å². The van der Waals surface area contributed by atoms with Gasteiger partial charge in [-0.2, -0.15) is 0 Å². The smallest absolute Gasteiger partial charge is 0.320 e. The van der Waals surface area contributed by atoms with Gasteiger partial charge in [-0.05, 0) is 12.3 Å². The van der Waals surface area contributed by atoms with Gasteiger partial charge in [0.1, 0.15) is 6.04 Å². The third-order valence-electron chi connectivity index (χ3n) is 1.98. The van der Waals surface area contributed by atoms with Gasteiger partial charge in [0.25, 0.3) is 0 Å². The summed E-state index contributed by atoms with van der Waals surface area (Å²) in [6, 6.07) is -0.681. The molecule has 0 heterocycles. The molecular formula is C8H17NO2. The van der Waals surface area contributed by atoms with Crippen LogP contribution in [0.2, 0.25) is 0 Å². The number of carboxylic acids is 1. The highest BCUT2D eigenvalue weighted by atomic mass is 16.4. The Hall–Kier alpha value is -0.570. The molecule has 0 aliphatic rings. The van der Waals surface area contributed by atoms with E-state index in [-0.39, 0.29) is 5.92 Å². The summed E-state index contributed by atoms with van der Waals surface area (Å²) in [5.41, 5.74) is 5.46. The highest BCUT2D eigenvalue weighted by Crippen LogP contribution is 2.13. The summed E-state index contributed by atoms with van der Waals surface area (Å²) in [5, 5.41) is 8.59. The van der Waals surface area contributed by atoms with E-state index < -0.39 is 12.0 Å². The zero-order valence-corrected chi connectivity index (χ0v) is 7.21. The van der Waals surface area contributed by atoms with Gasteiger partial charge in [0, 0.05) is 0 Å². The van der Waals surface area contributed by atoms with Crippen molar-refractivity contribution in [3.63, 3.8) is 0 Å². The van der Waals surface area contributed by atoms with Crippen molar-refractivity contribution in [2.45, 2.75) is 39.2 Å². The van der Waals surface area contributed by atoms with Gasteiger partial charge in [0.05, 0.1) is 0 Å². The molecule has 0 aliphatic heterocycles. The van der Waals surface area contributed by atoms with E-state index in [0.717, 1.165) is 19.3 Å². The maximum Gasteiger partial charge on any atom is 0.320 e. The lowest BCUT2D eigenvalue weighted by atomic mass is 9.93. The minimum absolute atomic E-state index is 0.137. The third kappa shape index (κ3) is 3.37. The molecule has 0 saturated carbocycles. The molecule has 0 rings (SSSR count). The highest BCUT2D eigenvalue weighted by Gasteiger charge is 2.21. The predicted molar refractivity (Wildman–Crippen MR) is 44.3 cm³/mol. The van der Waals surface area contributed by atoms with E-state index in [0.29, 0.717) is 0 Å². The molecule has 0 spiro atoms. The summed E-state index contributed by atoms with van der Waals surface area (Å²) in [4.78, 5) is 10.4. The summed E-state index contributed by atoms with van der Waals surface area (Å²) < 4.78 is 0. The Balaban J connectivity index is 3.91. The molecule has 0 fully saturated rings. The molecular weight excluding hydrogens is 142 g/mol. The average molecular weight is 159 g/mol. The van der Waals surface area contributed by atoms with Gasteiger partial charge in [-0.25, -0.2) is 0 Å². The Morgan fingerprint density at radius 1 is 1.55 bits per heavy atom. The molecule has 66 valence electrons. The lowest BCUT2D eigenvalue weighted by molar-refractivity contribution is -0.140. The molecule has 3 N–H and O–H groups in total. The van der Waals surface area contributed by atoms with Crippen LogP contribution in [0, 0.1) is 5.92 Å². The summed E-state index contributed by atoms with van der Waals surface area (Å²) >= 11 is 0. The van der Waals surface area contributed by atoms with Gasteiger partial charge in [-0.15, -0.1) is 0 Å². The zero-order chi connectivity index (χ0) is 8.85. The maximum absolute atomic E-state index is 10.4. The largest absolute Gasteiger partial charge is 0.480 e. The molecule has 3 nitrogen and oxygen atoms in total. The van der Waals surface area contributed by atoms with E-state index in [4.69, 9.17) is 10.8 Å². The van der Waals surface area contributed by atoms with Crippen molar-refractivity contribution < 1.29 is 9.90 Å². The molecule has 0 bridgehead atoms. The van der Waals surface area contributed by atoms with Crippen LogP contribution in [-0.2, 0) is 4.79 Å². The number of rotatable bonds is 5. The van der Waals surface area contributed by atoms with Crippen LogP contribution in [-0.4, -0.2) is 17.1 Å². The molecule has 0 radical (unpaired) electrons. The monoisotopic (exact) mass is 159 g/mol. The van der Waals surface area contributed by atoms with Crippen molar-refractivity contribution in [1.82, 2.24) is 0 Å². The predicted octanol–water partition coefficient (Wildman–Crippen LogP) is 1.22. The summed E-state index contributed by atoms with van der Waals surface area (Å²) in [7, 11) is 0. The van der Waals surface area contributed by atoms with Crippen molar-refractivity contribution >= 4 is 5.97 Å². The maximum atomic E-state index is 10.4. The van der Waals surface area contributed by atoms with Crippen molar-refractivity contribution in [3.05, 3.63) is 0 Å². The van der Waals surface area contributed by atoms with Crippen molar-refractivity contribution in [2.75, 3.05) is 0 Å². The number of carbonyl (C=O) groups is 1. The molecule has 3 heteroatoms. The van der Waals surface area contributed by atoms with E-state index in [9.17, 15) is 4.79 Å². The fourth-order valence-corrected chi connectivity index (χ4v) is 1.21. The molecule has 0 aliphatic carbocycles. The van der Waals surface area contributed by atoms with Gasteiger partial charge in [-0.3, -0.25) is 4.79 Å². The van der Waals surface area contributed by atoms with Crippen molar-refractivity contribution in [1.29, 1.82) is 0 Å². The Labute approximate surface area is 67.6 Å². The molecule has 2 atom stereocenters. The topological polar surface area (TPSA) is 63.3 Å². The van der Waals surface area contributed by atoms with Crippen LogP contribution in [0.1, 0.15) is 33.1 Å². The Kier molecular flexibility index (Phi) is 4.86. The third-order valence-corrected chi connectivity index (χ3v) is 1.98. The van der Waals surface area contributed by atoms with Gasteiger partial charge in [-0.1, -0.05) is 26.7 Å². The van der Waals surface area contributed by atoms with Gasteiger partial charge in [0.2, 0.25) is 0 Å². The number of aliphatic carboxylic acids is 1. The highest BCUT2D eigenvalue weighted by molar-refractivity contribution is 5.73. The number of carboxylic acid groups (broad SMARTS) is 1. The second-order valence-electron chi connectivity index (χ2n) is 2.82. The SMILES string of the molecule is CCC[C@@H](CC)C(N)C(=O)O. The van der Waals surface area contributed by atoms with Crippen LogP contribution in [0.5, 0.6) is 0 Å². The van der Waals surface area contributed by atoms with Gasteiger partial charge >= 0.3 is 5.97 Å². The molecule has 0 saturated heterocycles. The molecule has 0 aromatic carbocycles. The Bertz CT molecular complexity index is 125. The van der Waals surface area contributed by atoms with Crippen molar-refractivity contribution in [3.8, 4) is 0 Å². The van der Waals surface area contributed by atoms with Crippen molar-refractivity contribution in [2.24, 2.45) is 11.7 Å². The standard InChI is InChI=1S/C8H17NO2/c1-3-5-6(4-2)7(9)8(10)11/h6-7H,3-5,9H2,1-2H3,(H,10,11)/t6-,7?/m1/s1. The first-order valence-corrected chi connectivity index (χ1v) is 4.11. The Morgan fingerprint density at radius 2 is 2.09 bits per heavy atom. The summed E-state index contributed by atoms with van der Waals surface area (Å²) in [6.07, 6.45) is 2.75. The fourth-order valence-electron chi connectivity index (χ4n) is 1.21. The summed E-state index contributed by atoms with van der Waals surface area (Å²) in [5.74, 6) is -0.747. The van der Waals surface area contributed by atoms with E-state index in [1.165, 1.54) is 0 Å². The first-order chi connectivity index (χ1) is 5.13. The lowest BCUT2D eigenvalue weighted by Gasteiger charge is -2.17. The van der Waals surface area contributed by atoms with Crippen LogP contribution in [0.25, 0.3) is 0 Å². The second kappa shape index (κ2) is 5.13. The van der Waals surface area contributed by atoms with Crippen LogP contribution < -0.4 is 5.73 Å². The lowest BCUT2D eigenvalue weighted by Crippen LogP contribution is -2.37. The van der Waals surface area contributed by atoms with E-state index in [2.05, 4.69) is 0 Å². The number of nitrogens with two attached hydrogens (primary N) is 1. The second-order valence-corrected chi connectivity index (χ2v) is 2.82. The molecule has 0 aromatic heterocycles. The van der Waals surface area contributed by atoms with Crippen LogP contribution in [0.3, 0.4) is 0 Å². The first kappa shape index (κ1) is 10.4. The average Bonchev–Trinajstić information content (AvgIpc) is 1.98. The minimum Gasteiger partial charge on any atom is -0.480 e. The summed E-state index contributed by atoms with van der Waals surface area (Å²) in [6.45, 7) is 4.01. The Morgan fingerprint density at radius 3 is 2.36 bits per heavy atom.